The fourth-order valence-electron chi connectivity index (χ4n) is 4.05. The number of nitrogens with zero attached hydrogens (tertiary/aromatic N) is 1. The van der Waals surface area contributed by atoms with Crippen molar-refractivity contribution in [1.82, 2.24) is 15.5 Å². The van der Waals surface area contributed by atoms with Crippen molar-refractivity contribution in [3.63, 3.8) is 0 Å². The number of benzene rings is 1. The van der Waals surface area contributed by atoms with Crippen LogP contribution in [0.4, 0.5) is 0 Å². The molecule has 3 rings (SSSR count). The highest BCUT2D eigenvalue weighted by Crippen LogP contribution is 2.23. The van der Waals surface area contributed by atoms with Crippen LogP contribution in [0.3, 0.4) is 0 Å². The van der Waals surface area contributed by atoms with Crippen molar-refractivity contribution in [1.29, 1.82) is 0 Å². The number of amides is 2. The zero-order chi connectivity index (χ0) is 19.1. The molecule has 0 saturated heterocycles. The third kappa shape index (κ3) is 5.72. The van der Waals surface area contributed by atoms with Crippen LogP contribution in [0, 0.1) is 0 Å². The van der Waals surface area contributed by atoms with E-state index >= 15 is 0 Å². The maximum Gasteiger partial charge on any atom is 0.232 e. The van der Waals surface area contributed by atoms with Crippen molar-refractivity contribution in [2.24, 2.45) is 0 Å². The predicted octanol–water partition coefficient (Wildman–Crippen LogP) is 2.51. The molecule has 1 unspecified atom stereocenters. The first-order valence-corrected chi connectivity index (χ1v) is 11.2. The van der Waals surface area contributed by atoms with E-state index in [0.29, 0.717) is 24.1 Å². The second-order valence-electron chi connectivity index (χ2n) is 7.55. The quantitative estimate of drug-likeness (QED) is 0.752. The number of hydrogen-bond acceptors (Lipinski definition) is 4. The van der Waals surface area contributed by atoms with Gasteiger partial charge in [0.05, 0.1) is 11.5 Å². The van der Waals surface area contributed by atoms with E-state index in [1.54, 1.807) is 0 Å². The maximum atomic E-state index is 12.3. The molecule has 1 aromatic rings. The number of hydrogen-bond donors (Lipinski definition) is 2. The smallest absolute Gasteiger partial charge is 0.232 e. The lowest BCUT2D eigenvalue weighted by molar-refractivity contribution is -0.129. The maximum absolute atomic E-state index is 12.3. The average Bonchev–Trinajstić information content (AvgIpc) is 2.72. The molecule has 1 saturated carbocycles. The van der Waals surface area contributed by atoms with Crippen LogP contribution in [0.2, 0.25) is 0 Å². The number of thioether (sulfide) groups is 1. The largest absolute Gasteiger partial charge is 0.353 e. The molecule has 27 heavy (non-hydrogen) atoms. The van der Waals surface area contributed by atoms with Gasteiger partial charge in [-0.2, -0.15) is 0 Å². The Balaban J connectivity index is 1.36. The van der Waals surface area contributed by atoms with E-state index in [2.05, 4.69) is 28.8 Å². The number of fused-ring (bicyclic) bond motifs is 1. The number of rotatable bonds is 7. The molecule has 1 aromatic carbocycles. The van der Waals surface area contributed by atoms with Crippen LogP contribution in [0.1, 0.15) is 49.3 Å². The zero-order valence-electron chi connectivity index (χ0n) is 16.2. The van der Waals surface area contributed by atoms with E-state index in [-0.39, 0.29) is 17.9 Å². The molecule has 5 nitrogen and oxygen atoms in total. The first kappa shape index (κ1) is 20.2. The molecular weight excluding hydrogens is 358 g/mol. The second-order valence-corrected chi connectivity index (χ2v) is 8.53. The van der Waals surface area contributed by atoms with Gasteiger partial charge in [0, 0.05) is 25.7 Å². The summed E-state index contributed by atoms with van der Waals surface area (Å²) in [6.45, 7) is 1.53. The Labute approximate surface area is 166 Å². The van der Waals surface area contributed by atoms with Crippen molar-refractivity contribution < 1.29 is 9.59 Å². The first-order chi connectivity index (χ1) is 13.1. The van der Waals surface area contributed by atoms with E-state index in [1.807, 2.05) is 18.0 Å². The summed E-state index contributed by atoms with van der Waals surface area (Å²) in [5.41, 5.74) is 2.64. The van der Waals surface area contributed by atoms with Gasteiger partial charge in [-0.1, -0.05) is 43.5 Å². The summed E-state index contributed by atoms with van der Waals surface area (Å²) < 4.78 is 0. The highest BCUT2D eigenvalue weighted by atomic mass is 32.2. The molecule has 1 atom stereocenters. The molecule has 1 aliphatic carbocycles. The summed E-state index contributed by atoms with van der Waals surface area (Å²) in [6, 6.07) is 8.96. The van der Waals surface area contributed by atoms with Crippen molar-refractivity contribution in [2.75, 3.05) is 31.6 Å². The normalized spacial score (nSPS) is 20.0. The Morgan fingerprint density at radius 1 is 1.19 bits per heavy atom. The van der Waals surface area contributed by atoms with Gasteiger partial charge >= 0.3 is 0 Å². The first-order valence-electron chi connectivity index (χ1n) is 10.1. The summed E-state index contributed by atoms with van der Waals surface area (Å²) in [5.74, 6) is 0.851. The molecule has 1 aliphatic heterocycles. The lowest BCUT2D eigenvalue weighted by atomic mass is 9.94. The summed E-state index contributed by atoms with van der Waals surface area (Å²) in [5, 5.41) is 6.49. The topological polar surface area (TPSA) is 61.4 Å². The third-order valence-corrected chi connectivity index (χ3v) is 6.61. The van der Waals surface area contributed by atoms with Crippen LogP contribution in [-0.2, 0) is 16.0 Å². The lowest BCUT2D eigenvalue weighted by Gasteiger charge is -2.31. The molecule has 1 heterocycles. The number of carbonyl (C=O) groups excluding carboxylic acids is 2. The van der Waals surface area contributed by atoms with Crippen molar-refractivity contribution >= 4 is 23.6 Å². The highest BCUT2D eigenvalue weighted by molar-refractivity contribution is 8.00. The van der Waals surface area contributed by atoms with Crippen molar-refractivity contribution in [3.05, 3.63) is 35.4 Å². The zero-order valence-corrected chi connectivity index (χ0v) is 17.0. The van der Waals surface area contributed by atoms with E-state index < -0.39 is 0 Å². The van der Waals surface area contributed by atoms with Gasteiger partial charge in [0.1, 0.15) is 0 Å². The van der Waals surface area contributed by atoms with Crippen LogP contribution in [0.15, 0.2) is 24.3 Å². The van der Waals surface area contributed by atoms with E-state index in [0.717, 1.165) is 25.8 Å². The summed E-state index contributed by atoms with van der Waals surface area (Å²) in [7, 11) is 1.91. The summed E-state index contributed by atoms with van der Waals surface area (Å²) in [6.07, 6.45) is 6.99. The number of carbonyl (C=O) groups is 2. The Kier molecular flexibility index (Phi) is 7.59. The minimum Gasteiger partial charge on any atom is -0.353 e. The van der Waals surface area contributed by atoms with Crippen LogP contribution in [0.25, 0.3) is 0 Å². The van der Waals surface area contributed by atoms with Crippen molar-refractivity contribution in [3.8, 4) is 0 Å². The Morgan fingerprint density at radius 3 is 2.78 bits per heavy atom. The second kappa shape index (κ2) is 10.1. The van der Waals surface area contributed by atoms with Gasteiger partial charge in [-0.05, 0) is 36.9 Å². The summed E-state index contributed by atoms with van der Waals surface area (Å²) in [4.78, 5) is 26.4. The van der Waals surface area contributed by atoms with Crippen LogP contribution < -0.4 is 10.6 Å². The Bertz CT molecular complexity index is 646. The highest BCUT2D eigenvalue weighted by Gasteiger charge is 2.22. The molecule has 0 bridgehead atoms. The average molecular weight is 390 g/mol. The fraction of sp³-hybridized carbons (Fsp3) is 0.619. The molecule has 1 fully saturated rings. The molecule has 6 heteroatoms. The minimum atomic E-state index is -0.00188. The third-order valence-electron chi connectivity index (χ3n) is 5.69. The van der Waals surface area contributed by atoms with Gasteiger partial charge in [-0.25, -0.2) is 0 Å². The van der Waals surface area contributed by atoms with Crippen LogP contribution in [-0.4, -0.2) is 54.4 Å². The van der Waals surface area contributed by atoms with Gasteiger partial charge in [-0.15, -0.1) is 11.8 Å². The van der Waals surface area contributed by atoms with E-state index in [1.165, 1.54) is 42.2 Å². The van der Waals surface area contributed by atoms with Gasteiger partial charge in [0.15, 0.2) is 0 Å². The molecule has 2 amide bonds. The molecule has 0 aromatic heterocycles. The molecular formula is C21H31N3O2S. The molecule has 2 aliphatic rings. The molecule has 2 N–H and O–H groups in total. The number of nitrogens with one attached hydrogen (secondary N) is 2. The standard InChI is InChI=1S/C21H31N3O2S/c1-24(17-8-3-2-4-9-17)21(26)15-27-14-20(25)23-13-19-18-10-6-5-7-16(18)11-12-22-19/h5-7,10,17,19,22H,2-4,8-9,11-15H2,1H3,(H,23,25). The monoisotopic (exact) mass is 389 g/mol. The van der Waals surface area contributed by atoms with Crippen molar-refractivity contribution in [2.45, 2.75) is 50.6 Å². The fourth-order valence-corrected chi connectivity index (χ4v) is 4.81. The summed E-state index contributed by atoms with van der Waals surface area (Å²) >= 11 is 1.41. The molecule has 0 spiro atoms. The van der Waals surface area contributed by atoms with E-state index in [4.69, 9.17) is 0 Å². The van der Waals surface area contributed by atoms with E-state index in [9.17, 15) is 9.59 Å². The van der Waals surface area contributed by atoms with Gasteiger partial charge < -0.3 is 15.5 Å². The SMILES string of the molecule is CN(C(=O)CSCC(=O)NCC1NCCc2ccccc21)C1CCCCC1. The Hall–Kier alpha value is -1.53. The van der Waals surface area contributed by atoms with Crippen LogP contribution >= 0.6 is 11.8 Å². The lowest BCUT2D eigenvalue weighted by Crippen LogP contribution is -2.40. The van der Waals surface area contributed by atoms with Gasteiger partial charge in [0.2, 0.25) is 11.8 Å². The Morgan fingerprint density at radius 2 is 1.96 bits per heavy atom. The van der Waals surface area contributed by atoms with Gasteiger partial charge in [0.25, 0.3) is 0 Å². The minimum absolute atomic E-state index is 0.00188. The molecule has 148 valence electrons. The van der Waals surface area contributed by atoms with Crippen LogP contribution in [0.5, 0.6) is 0 Å². The predicted molar refractivity (Wildman–Crippen MR) is 111 cm³/mol. The van der Waals surface area contributed by atoms with Gasteiger partial charge in [-0.3, -0.25) is 9.59 Å². The molecule has 0 radical (unpaired) electrons.